The highest BCUT2D eigenvalue weighted by molar-refractivity contribution is 5.49. The SMILES string of the molecule is CNCCOc1ccc(N)c(C)c1. The molecule has 0 heterocycles. The molecule has 0 aliphatic carbocycles. The standard InChI is InChI=1S/C10H16N2O/c1-8-7-9(3-4-10(8)11)13-6-5-12-2/h3-4,7,12H,5-6,11H2,1-2H3. The minimum absolute atomic E-state index is 0.680. The fourth-order valence-corrected chi connectivity index (χ4v) is 1.01. The van der Waals surface area contributed by atoms with Gasteiger partial charge in [0.1, 0.15) is 12.4 Å². The van der Waals surface area contributed by atoms with Crippen LogP contribution < -0.4 is 15.8 Å². The Kier molecular flexibility index (Phi) is 3.58. The van der Waals surface area contributed by atoms with Gasteiger partial charge in [-0.3, -0.25) is 0 Å². The first-order chi connectivity index (χ1) is 6.24. The maximum atomic E-state index is 5.68. The molecule has 3 nitrogen and oxygen atoms in total. The molecule has 0 aliphatic heterocycles. The number of likely N-dealkylation sites (N-methyl/N-ethyl adjacent to an activating group) is 1. The molecule has 0 radical (unpaired) electrons. The predicted octanol–water partition coefficient (Wildman–Crippen LogP) is 1.18. The average Bonchev–Trinajstić information content (AvgIpc) is 2.12. The number of benzene rings is 1. The van der Waals surface area contributed by atoms with E-state index in [4.69, 9.17) is 10.5 Å². The summed E-state index contributed by atoms with van der Waals surface area (Å²) >= 11 is 0. The number of rotatable bonds is 4. The zero-order valence-electron chi connectivity index (χ0n) is 8.13. The van der Waals surface area contributed by atoms with Gasteiger partial charge < -0.3 is 15.8 Å². The van der Waals surface area contributed by atoms with Gasteiger partial charge in [0.25, 0.3) is 0 Å². The van der Waals surface area contributed by atoms with Crippen LogP contribution in [0.25, 0.3) is 0 Å². The highest BCUT2D eigenvalue weighted by Gasteiger charge is 1.96. The first-order valence-electron chi connectivity index (χ1n) is 4.37. The van der Waals surface area contributed by atoms with E-state index < -0.39 is 0 Å². The molecule has 0 atom stereocenters. The van der Waals surface area contributed by atoms with Crippen LogP contribution in [0.3, 0.4) is 0 Å². The van der Waals surface area contributed by atoms with Crippen LogP contribution in [-0.4, -0.2) is 20.2 Å². The number of anilines is 1. The molecular weight excluding hydrogens is 164 g/mol. The molecule has 1 aromatic rings. The van der Waals surface area contributed by atoms with Crippen LogP contribution in [-0.2, 0) is 0 Å². The summed E-state index contributed by atoms with van der Waals surface area (Å²) in [6, 6.07) is 5.70. The lowest BCUT2D eigenvalue weighted by atomic mass is 10.2. The molecule has 0 saturated carbocycles. The van der Waals surface area contributed by atoms with Crippen LogP contribution in [0.15, 0.2) is 18.2 Å². The lowest BCUT2D eigenvalue weighted by Crippen LogP contribution is -2.15. The van der Waals surface area contributed by atoms with Crippen LogP contribution in [0.5, 0.6) is 5.75 Å². The number of nitrogen functional groups attached to an aromatic ring is 1. The summed E-state index contributed by atoms with van der Waals surface area (Å²) in [6.45, 7) is 3.50. The van der Waals surface area contributed by atoms with E-state index >= 15 is 0 Å². The van der Waals surface area contributed by atoms with Crippen molar-refractivity contribution in [1.29, 1.82) is 0 Å². The van der Waals surface area contributed by atoms with Gasteiger partial charge in [0.15, 0.2) is 0 Å². The minimum atomic E-state index is 0.680. The quantitative estimate of drug-likeness (QED) is 0.540. The van der Waals surface area contributed by atoms with E-state index in [2.05, 4.69) is 5.32 Å². The van der Waals surface area contributed by atoms with Crippen molar-refractivity contribution in [3.05, 3.63) is 23.8 Å². The van der Waals surface area contributed by atoms with Crippen molar-refractivity contribution >= 4 is 5.69 Å². The molecule has 0 saturated heterocycles. The zero-order valence-corrected chi connectivity index (χ0v) is 8.13. The van der Waals surface area contributed by atoms with Crippen LogP contribution in [0.1, 0.15) is 5.56 Å². The van der Waals surface area contributed by atoms with Crippen LogP contribution in [0, 0.1) is 6.92 Å². The molecule has 0 aromatic heterocycles. The Morgan fingerprint density at radius 2 is 2.23 bits per heavy atom. The molecule has 0 aliphatic rings. The van der Waals surface area contributed by atoms with Gasteiger partial charge in [-0.2, -0.15) is 0 Å². The maximum Gasteiger partial charge on any atom is 0.119 e. The van der Waals surface area contributed by atoms with Crippen LogP contribution in [0.4, 0.5) is 5.69 Å². The number of aryl methyl sites for hydroxylation is 1. The van der Waals surface area contributed by atoms with Crippen molar-refractivity contribution in [2.45, 2.75) is 6.92 Å². The van der Waals surface area contributed by atoms with E-state index in [1.165, 1.54) is 0 Å². The number of nitrogens with one attached hydrogen (secondary N) is 1. The van der Waals surface area contributed by atoms with Gasteiger partial charge in [-0.25, -0.2) is 0 Å². The lowest BCUT2D eigenvalue weighted by Gasteiger charge is -2.07. The van der Waals surface area contributed by atoms with Crippen LogP contribution >= 0.6 is 0 Å². The molecule has 3 heteroatoms. The Bertz CT molecular complexity index is 274. The van der Waals surface area contributed by atoms with Gasteiger partial charge in [-0.05, 0) is 37.7 Å². The zero-order chi connectivity index (χ0) is 9.68. The molecule has 0 amide bonds. The topological polar surface area (TPSA) is 47.3 Å². The third-order valence-electron chi connectivity index (χ3n) is 1.86. The third kappa shape index (κ3) is 2.95. The molecule has 1 aromatic carbocycles. The fraction of sp³-hybridized carbons (Fsp3) is 0.400. The summed E-state index contributed by atoms with van der Waals surface area (Å²) in [5.41, 5.74) is 7.54. The third-order valence-corrected chi connectivity index (χ3v) is 1.86. The predicted molar refractivity (Wildman–Crippen MR) is 55.0 cm³/mol. The number of hydrogen-bond acceptors (Lipinski definition) is 3. The summed E-state index contributed by atoms with van der Waals surface area (Å²) in [5, 5.41) is 3.01. The molecule has 1 rings (SSSR count). The maximum absolute atomic E-state index is 5.68. The monoisotopic (exact) mass is 180 g/mol. The molecule has 3 N–H and O–H groups in total. The van der Waals surface area contributed by atoms with Crippen molar-refractivity contribution in [2.75, 3.05) is 25.9 Å². The minimum Gasteiger partial charge on any atom is -0.492 e. The summed E-state index contributed by atoms with van der Waals surface area (Å²) in [7, 11) is 1.90. The Balaban J connectivity index is 2.53. The average molecular weight is 180 g/mol. The normalized spacial score (nSPS) is 10.0. The molecule has 13 heavy (non-hydrogen) atoms. The Morgan fingerprint density at radius 1 is 1.46 bits per heavy atom. The van der Waals surface area contributed by atoms with Crippen molar-refractivity contribution < 1.29 is 4.74 Å². The van der Waals surface area contributed by atoms with E-state index in [-0.39, 0.29) is 0 Å². The molecular formula is C10H16N2O. The molecule has 0 spiro atoms. The van der Waals surface area contributed by atoms with E-state index in [9.17, 15) is 0 Å². The van der Waals surface area contributed by atoms with E-state index in [1.807, 2.05) is 32.2 Å². The second-order valence-electron chi connectivity index (χ2n) is 2.97. The second-order valence-corrected chi connectivity index (χ2v) is 2.97. The highest BCUT2D eigenvalue weighted by Crippen LogP contribution is 2.18. The largest absolute Gasteiger partial charge is 0.492 e. The molecule has 0 unspecified atom stereocenters. The summed E-state index contributed by atoms with van der Waals surface area (Å²) in [4.78, 5) is 0. The lowest BCUT2D eigenvalue weighted by molar-refractivity contribution is 0.318. The van der Waals surface area contributed by atoms with Gasteiger partial charge in [0, 0.05) is 12.2 Å². The number of ether oxygens (including phenoxy) is 1. The van der Waals surface area contributed by atoms with Crippen LogP contribution in [0.2, 0.25) is 0 Å². The van der Waals surface area contributed by atoms with Gasteiger partial charge in [0.2, 0.25) is 0 Å². The second kappa shape index (κ2) is 4.72. The van der Waals surface area contributed by atoms with E-state index in [0.29, 0.717) is 6.61 Å². The highest BCUT2D eigenvalue weighted by atomic mass is 16.5. The smallest absolute Gasteiger partial charge is 0.119 e. The van der Waals surface area contributed by atoms with Gasteiger partial charge >= 0.3 is 0 Å². The first kappa shape index (κ1) is 9.86. The van der Waals surface area contributed by atoms with E-state index in [0.717, 1.165) is 23.5 Å². The van der Waals surface area contributed by atoms with Crippen molar-refractivity contribution in [3.63, 3.8) is 0 Å². The van der Waals surface area contributed by atoms with Crippen molar-refractivity contribution in [2.24, 2.45) is 0 Å². The Labute approximate surface area is 78.9 Å². The van der Waals surface area contributed by atoms with E-state index in [1.54, 1.807) is 0 Å². The molecule has 0 fully saturated rings. The van der Waals surface area contributed by atoms with Gasteiger partial charge in [0.05, 0.1) is 0 Å². The number of hydrogen-bond donors (Lipinski definition) is 2. The Hall–Kier alpha value is -1.22. The first-order valence-corrected chi connectivity index (χ1v) is 4.37. The Morgan fingerprint density at radius 3 is 2.85 bits per heavy atom. The fourth-order valence-electron chi connectivity index (χ4n) is 1.01. The summed E-state index contributed by atoms with van der Waals surface area (Å²) < 4.78 is 5.46. The van der Waals surface area contributed by atoms with Gasteiger partial charge in [-0.15, -0.1) is 0 Å². The molecule has 0 bridgehead atoms. The van der Waals surface area contributed by atoms with Crippen molar-refractivity contribution in [1.82, 2.24) is 5.32 Å². The summed E-state index contributed by atoms with van der Waals surface area (Å²) in [6.07, 6.45) is 0. The van der Waals surface area contributed by atoms with Gasteiger partial charge in [-0.1, -0.05) is 0 Å². The summed E-state index contributed by atoms with van der Waals surface area (Å²) in [5.74, 6) is 0.877. The number of nitrogens with two attached hydrogens (primary N) is 1. The molecule has 72 valence electrons. The van der Waals surface area contributed by atoms with Crippen molar-refractivity contribution in [3.8, 4) is 5.75 Å².